The van der Waals surface area contributed by atoms with Gasteiger partial charge in [-0.05, 0) is 55.2 Å². The zero-order valence-electron chi connectivity index (χ0n) is 13.7. The fraction of sp³-hybridized carbons (Fsp3) is 0.238. The number of rotatable bonds is 3. The Bertz CT molecular complexity index is 846. The van der Waals surface area contributed by atoms with Crippen LogP contribution in [0.1, 0.15) is 30.5 Å². The summed E-state index contributed by atoms with van der Waals surface area (Å²) in [7, 11) is 0. The minimum absolute atomic E-state index is 0.883. The fourth-order valence-electron chi connectivity index (χ4n) is 3.18. The lowest BCUT2D eigenvalue weighted by Crippen LogP contribution is -2.29. The molecule has 0 spiro atoms. The first kappa shape index (κ1) is 14.9. The summed E-state index contributed by atoms with van der Waals surface area (Å²) in [6, 6.07) is 16.7. The lowest BCUT2D eigenvalue weighted by atomic mass is 10.1. The van der Waals surface area contributed by atoms with Crippen molar-refractivity contribution in [3.8, 4) is 0 Å². The Kier molecular flexibility index (Phi) is 4.24. The van der Waals surface area contributed by atoms with Gasteiger partial charge in [0.15, 0.2) is 0 Å². The molecule has 1 aliphatic rings. The highest BCUT2D eigenvalue weighted by Gasteiger charge is 2.10. The lowest BCUT2D eigenvalue weighted by molar-refractivity contribution is 0.578. The molecule has 0 aliphatic carbocycles. The highest BCUT2D eigenvalue weighted by molar-refractivity contribution is 5.76. The van der Waals surface area contributed by atoms with Crippen LogP contribution in [0.2, 0.25) is 0 Å². The summed E-state index contributed by atoms with van der Waals surface area (Å²) in [6.45, 7) is 2.36. The average molecular weight is 315 g/mol. The zero-order valence-corrected chi connectivity index (χ0v) is 13.7. The van der Waals surface area contributed by atoms with Crippen LogP contribution in [0.5, 0.6) is 0 Å². The Labute approximate surface area is 142 Å². The second kappa shape index (κ2) is 6.83. The highest BCUT2D eigenvalue weighted by Crippen LogP contribution is 2.21. The van der Waals surface area contributed by atoms with Crippen LogP contribution in [0.15, 0.2) is 54.7 Å². The second-order valence-corrected chi connectivity index (χ2v) is 6.26. The normalized spacial score (nSPS) is 15.2. The molecule has 24 heavy (non-hydrogen) atoms. The zero-order chi connectivity index (χ0) is 16.2. The van der Waals surface area contributed by atoms with Crippen LogP contribution in [-0.4, -0.2) is 23.1 Å². The van der Waals surface area contributed by atoms with Crippen LogP contribution in [0.4, 0.5) is 5.69 Å². The number of piperidine rings is 1. The highest BCUT2D eigenvalue weighted by atomic mass is 15.1. The van der Waals surface area contributed by atoms with Crippen molar-refractivity contribution in [1.29, 1.82) is 0 Å². The third kappa shape index (κ3) is 3.30. The van der Waals surface area contributed by atoms with E-state index in [1.54, 1.807) is 0 Å². The van der Waals surface area contributed by atoms with Crippen LogP contribution in [0.25, 0.3) is 23.2 Å². The van der Waals surface area contributed by atoms with Crippen LogP contribution in [-0.2, 0) is 0 Å². The molecule has 3 aromatic rings. The molecule has 3 nitrogen and oxygen atoms in total. The van der Waals surface area contributed by atoms with Crippen molar-refractivity contribution in [3.05, 3.63) is 66.0 Å². The number of anilines is 1. The molecule has 0 amide bonds. The maximum atomic E-state index is 4.62. The van der Waals surface area contributed by atoms with Crippen molar-refractivity contribution in [3.63, 3.8) is 0 Å². The average Bonchev–Trinajstić information content (AvgIpc) is 2.67. The van der Waals surface area contributed by atoms with Crippen LogP contribution >= 0.6 is 0 Å². The Balaban J connectivity index is 1.50. The molecule has 0 saturated carbocycles. The van der Waals surface area contributed by atoms with E-state index < -0.39 is 0 Å². The van der Waals surface area contributed by atoms with Gasteiger partial charge < -0.3 is 4.90 Å². The summed E-state index contributed by atoms with van der Waals surface area (Å²) < 4.78 is 0. The van der Waals surface area contributed by atoms with Gasteiger partial charge in [0, 0.05) is 18.8 Å². The number of hydrogen-bond acceptors (Lipinski definition) is 3. The predicted octanol–water partition coefficient (Wildman–Crippen LogP) is 4.79. The van der Waals surface area contributed by atoms with Crippen molar-refractivity contribution in [1.82, 2.24) is 9.97 Å². The molecule has 4 rings (SSSR count). The van der Waals surface area contributed by atoms with Gasteiger partial charge in [-0.1, -0.05) is 30.3 Å². The number of aromatic nitrogens is 2. The minimum atomic E-state index is 0.883. The van der Waals surface area contributed by atoms with Crippen molar-refractivity contribution in [2.45, 2.75) is 19.3 Å². The molecule has 0 bridgehead atoms. The molecule has 0 N–H and O–H groups in total. The minimum Gasteiger partial charge on any atom is -0.372 e. The standard InChI is InChI=1S/C21H21N3/c1-4-14-24(15-5-1)19-12-9-17(10-13-19)8-11-18-16-22-20-6-2-3-7-21(20)23-18/h2-3,6-13,16H,1,4-5,14-15H2/b11-8+. The van der Waals surface area contributed by atoms with Gasteiger partial charge in [-0.2, -0.15) is 0 Å². The second-order valence-electron chi connectivity index (χ2n) is 6.26. The number of benzene rings is 2. The van der Waals surface area contributed by atoms with E-state index in [0.717, 1.165) is 16.7 Å². The molecule has 2 aromatic carbocycles. The number of hydrogen-bond donors (Lipinski definition) is 0. The van der Waals surface area contributed by atoms with Gasteiger partial charge in [-0.25, -0.2) is 4.98 Å². The SMILES string of the molecule is C(=C\c1cnc2ccccc2n1)/c1ccc(N2CCCCC2)cc1. The topological polar surface area (TPSA) is 29.0 Å². The molecule has 2 heterocycles. The van der Waals surface area contributed by atoms with Gasteiger partial charge in [0.2, 0.25) is 0 Å². The maximum Gasteiger partial charge on any atom is 0.0894 e. The molecular weight excluding hydrogens is 294 g/mol. The molecule has 3 heteroatoms. The molecular formula is C21H21N3. The molecule has 0 unspecified atom stereocenters. The lowest BCUT2D eigenvalue weighted by Gasteiger charge is -2.28. The molecule has 1 aromatic heterocycles. The van der Waals surface area contributed by atoms with E-state index in [1.165, 1.54) is 43.6 Å². The first-order valence-corrected chi connectivity index (χ1v) is 8.63. The van der Waals surface area contributed by atoms with E-state index in [2.05, 4.69) is 45.2 Å². The summed E-state index contributed by atoms with van der Waals surface area (Å²) >= 11 is 0. The molecule has 1 aliphatic heterocycles. The van der Waals surface area contributed by atoms with Crippen molar-refractivity contribution >= 4 is 28.9 Å². The van der Waals surface area contributed by atoms with Gasteiger partial charge in [0.05, 0.1) is 22.9 Å². The van der Waals surface area contributed by atoms with E-state index in [0.29, 0.717) is 0 Å². The Hall–Kier alpha value is -2.68. The summed E-state index contributed by atoms with van der Waals surface area (Å²) in [4.78, 5) is 11.6. The summed E-state index contributed by atoms with van der Waals surface area (Å²) in [5.74, 6) is 0. The Morgan fingerprint density at radius 1 is 0.792 bits per heavy atom. The summed E-state index contributed by atoms with van der Waals surface area (Å²) in [5, 5.41) is 0. The Morgan fingerprint density at radius 2 is 1.54 bits per heavy atom. The van der Waals surface area contributed by atoms with Gasteiger partial charge in [-0.15, -0.1) is 0 Å². The first-order valence-electron chi connectivity index (χ1n) is 8.63. The van der Waals surface area contributed by atoms with E-state index in [-0.39, 0.29) is 0 Å². The first-order chi connectivity index (χ1) is 11.9. The van der Waals surface area contributed by atoms with Crippen LogP contribution in [0.3, 0.4) is 0 Å². The van der Waals surface area contributed by atoms with Gasteiger partial charge >= 0.3 is 0 Å². The van der Waals surface area contributed by atoms with Gasteiger partial charge in [0.25, 0.3) is 0 Å². The van der Waals surface area contributed by atoms with Crippen molar-refractivity contribution < 1.29 is 0 Å². The molecule has 1 fully saturated rings. The molecule has 120 valence electrons. The van der Waals surface area contributed by atoms with E-state index in [9.17, 15) is 0 Å². The largest absolute Gasteiger partial charge is 0.372 e. The quantitative estimate of drug-likeness (QED) is 0.696. The third-order valence-corrected chi connectivity index (χ3v) is 4.53. The summed E-state index contributed by atoms with van der Waals surface area (Å²) in [6.07, 6.45) is 9.92. The number of para-hydroxylation sites is 2. The molecule has 0 atom stereocenters. The monoisotopic (exact) mass is 315 g/mol. The van der Waals surface area contributed by atoms with E-state index in [1.807, 2.05) is 36.5 Å². The van der Waals surface area contributed by atoms with Crippen LogP contribution in [0, 0.1) is 0 Å². The molecule has 1 saturated heterocycles. The van der Waals surface area contributed by atoms with Crippen LogP contribution < -0.4 is 4.90 Å². The summed E-state index contributed by atoms with van der Waals surface area (Å²) in [5.41, 5.74) is 5.26. The Morgan fingerprint density at radius 3 is 2.33 bits per heavy atom. The van der Waals surface area contributed by atoms with Gasteiger partial charge in [0.1, 0.15) is 0 Å². The third-order valence-electron chi connectivity index (χ3n) is 4.53. The number of fused-ring (bicyclic) bond motifs is 1. The number of nitrogens with zero attached hydrogens (tertiary/aromatic N) is 3. The smallest absolute Gasteiger partial charge is 0.0894 e. The van der Waals surface area contributed by atoms with Crippen molar-refractivity contribution in [2.75, 3.05) is 18.0 Å². The van der Waals surface area contributed by atoms with E-state index in [4.69, 9.17) is 0 Å². The van der Waals surface area contributed by atoms with Crippen molar-refractivity contribution in [2.24, 2.45) is 0 Å². The van der Waals surface area contributed by atoms with E-state index >= 15 is 0 Å². The van der Waals surface area contributed by atoms with Gasteiger partial charge in [-0.3, -0.25) is 4.98 Å². The fourth-order valence-corrected chi connectivity index (χ4v) is 3.18. The molecule has 0 radical (unpaired) electrons. The maximum absolute atomic E-state index is 4.62. The predicted molar refractivity (Wildman–Crippen MR) is 101 cm³/mol.